The molecular weight excluding hydrogens is 160 g/mol. The lowest BCUT2D eigenvalue weighted by molar-refractivity contribution is -0.138. The van der Waals surface area contributed by atoms with E-state index in [-0.39, 0.29) is 17.8 Å². The van der Waals surface area contributed by atoms with Crippen molar-refractivity contribution in [2.24, 2.45) is 0 Å². The van der Waals surface area contributed by atoms with Crippen LogP contribution in [0.2, 0.25) is 0 Å². The van der Waals surface area contributed by atoms with Gasteiger partial charge in [0.2, 0.25) is 0 Å². The largest absolute Gasteiger partial charge is 0.457 e. The Kier molecular flexibility index (Phi) is 4.69. The fourth-order valence-corrected chi connectivity index (χ4v) is 0.383. The summed E-state index contributed by atoms with van der Waals surface area (Å²) in [6.45, 7) is 4.15. The second kappa shape index (κ2) is 5.29. The molecule has 0 unspecified atom stereocenters. The number of carbonyl (C=O) groups is 1. The Balaban J connectivity index is 3.91. The molecule has 0 aliphatic carbocycles. The molecule has 1 N–H and O–H groups in total. The van der Waals surface area contributed by atoms with E-state index in [1.807, 2.05) is 0 Å². The van der Waals surface area contributed by atoms with Crippen molar-refractivity contribution in [2.45, 2.75) is 6.92 Å². The molecule has 0 aromatic rings. The van der Waals surface area contributed by atoms with Crippen LogP contribution < -0.4 is 0 Å². The number of esters is 1. The Morgan fingerprint density at radius 1 is 1.67 bits per heavy atom. The molecule has 12 heavy (non-hydrogen) atoms. The van der Waals surface area contributed by atoms with Crippen LogP contribution in [0.1, 0.15) is 6.92 Å². The van der Waals surface area contributed by atoms with Crippen LogP contribution in [0.5, 0.6) is 0 Å². The molecule has 0 radical (unpaired) electrons. The number of ether oxygens (including phenoxy) is 1. The fourth-order valence-electron chi connectivity index (χ4n) is 0.383. The van der Waals surface area contributed by atoms with Crippen molar-refractivity contribution in [3.05, 3.63) is 17.7 Å². The summed E-state index contributed by atoms with van der Waals surface area (Å²) in [6, 6.07) is 0. The minimum Gasteiger partial charge on any atom is -0.457 e. The van der Waals surface area contributed by atoms with E-state index in [1.165, 1.54) is 12.9 Å². The minimum atomic E-state index is -0.587. The number of hydrogen-bond donors (Lipinski definition) is 1. The van der Waals surface area contributed by atoms with Crippen LogP contribution in [0.3, 0.4) is 0 Å². The summed E-state index contributed by atoms with van der Waals surface area (Å²) in [5.74, 6) is 0.869. The molecule has 0 spiro atoms. The van der Waals surface area contributed by atoms with Crippen LogP contribution in [0.15, 0.2) is 17.7 Å². The standard InChI is InChI=1S/C8H10O4/c1-6(2)8(11)12-5-7(3-9)4-10/h9H,1,3,5H2,2H3. The highest BCUT2D eigenvalue weighted by Crippen LogP contribution is 1.95. The highest BCUT2D eigenvalue weighted by Gasteiger charge is 2.04. The molecule has 0 saturated heterocycles. The summed E-state index contributed by atoms with van der Waals surface area (Å²) >= 11 is 0. The quantitative estimate of drug-likeness (QED) is 0.362. The normalized spacial score (nSPS) is 8.50. The van der Waals surface area contributed by atoms with Gasteiger partial charge in [-0.05, 0) is 6.92 Å². The van der Waals surface area contributed by atoms with Crippen LogP contribution in [0, 0.1) is 0 Å². The van der Waals surface area contributed by atoms with Crippen LogP contribution in [-0.2, 0) is 14.3 Å². The van der Waals surface area contributed by atoms with E-state index >= 15 is 0 Å². The van der Waals surface area contributed by atoms with Gasteiger partial charge < -0.3 is 9.84 Å². The summed E-state index contributed by atoms with van der Waals surface area (Å²) in [5.41, 5.74) is 0.253. The number of aliphatic hydroxyl groups excluding tert-OH is 1. The molecule has 4 nitrogen and oxygen atoms in total. The summed E-state index contributed by atoms with van der Waals surface area (Å²) in [7, 11) is 0. The third-order valence-corrected chi connectivity index (χ3v) is 1.06. The maximum Gasteiger partial charge on any atom is 0.333 e. The Morgan fingerprint density at radius 2 is 2.25 bits per heavy atom. The molecule has 0 bridgehead atoms. The SMILES string of the molecule is C=C(C)C(=O)OCC(=C=O)CO. The number of rotatable bonds is 4. The molecule has 0 fully saturated rings. The molecule has 0 aromatic heterocycles. The predicted molar refractivity (Wildman–Crippen MR) is 42.1 cm³/mol. The topological polar surface area (TPSA) is 63.6 Å². The van der Waals surface area contributed by atoms with Gasteiger partial charge in [-0.1, -0.05) is 6.58 Å². The van der Waals surface area contributed by atoms with Gasteiger partial charge in [0.15, 0.2) is 0 Å². The van der Waals surface area contributed by atoms with Gasteiger partial charge in [-0.2, -0.15) is 0 Å². The van der Waals surface area contributed by atoms with Gasteiger partial charge in [-0.25, -0.2) is 9.59 Å². The predicted octanol–water partition coefficient (Wildman–Crippen LogP) is -0.144. The lowest BCUT2D eigenvalue weighted by Gasteiger charge is -2.02. The van der Waals surface area contributed by atoms with E-state index in [2.05, 4.69) is 11.3 Å². The molecule has 4 heteroatoms. The Hall–Kier alpha value is -1.38. The van der Waals surface area contributed by atoms with E-state index in [0.29, 0.717) is 0 Å². The molecule has 66 valence electrons. The maximum atomic E-state index is 10.7. The van der Waals surface area contributed by atoms with Gasteiger partial charge in [0.05, 0.1) is 12.2 Å². The second-order valence-corrected chi connectivity index (χ2v) is 2.22. The van der Waals surface area contributed by atoms with Gasteiger partial charge in [-0.3, -0.25) is 0 Å². The lowest BCUT2D eigenvalue weighted by atomic mass is 10.3. The highest BCUT2D eigenvalue weighted by molar-refractivity contribution is 5.87. The van der Waals surface area contributed by atoms with E-state index in [9.17, 15) is 9.59 Å². The first-order chi connectivity index (χ1) is 5.61. The van der Waals surface area contributed by atoms with Crippen molar-refractivity contribution in [3.63, 3.8) is 0 Å². The number of aliphatic hydroxyl groups is 1. The van der Waals surface area contributed by atoms with Crippen LogP contribution in [0.4, 0.5) is 0 Å². The van der Waals surface area contributed by atoms with E-state index in [1.54, 1.807) is 0 Å². The fraction of sp³-hybridized carbons (Fsp3) is 0.375. The number of hydrogen-bond acceptors (Lipinski definition) is 4. The number of carbonyl (C=O) groups excluding carboxylic acids is 2. The summed E-state index contributed by atoms with van der Waals surface area (Å²) in [5, 5.41) is 8.46. The molecule has 0 aromatic carbocycles. The van der Waals surface area contributed by atoms with E-state index < -0.39 is 12.6 Å². The second-order valence-electron chi connectivity index (χ2n) is 2.22. The van der Waals surface area contributed by atoms with Crippen molar-refractivity contribution in [3.8, 4) is 0 Å². The van der Waals surface area contributed by atoms with Crippen LogP contribution >= 0.6 is 0 Å². The molecule has 0 aliphatic heterocycles. The van der Waals surface area contributed by atoms with Gasteiger partial charge in [-0.15, -0.1) is 0 Å². The van der Waals surface area contributed by atoms with Gasteiger partial charge >= 0.3 is 5.97 Å². The lowest BCUT2D eigenvalue weighted by Crippen LogP contribution is -2.10. The Morgan fingerprint density at radius 3 is 2.58 bits per heavy atom. The molecule has 0 atom stereocenters. The Labute approximate surface area is 70.1 Å². The van der Waals surface area contributed by atoms with Crippen molar-refractivity contribution >= 4 is 11.9 Å². The van der Waals surface area contributed by atoms with Crippen molar-refractivity contribution in [2.75, 3.05) is 13.2 Å². The molecule has 0 saturated carbocycles. The van der Waals surface area contributed by atoms with Crippen LogP contribution in [0.25, 0.3) is 0 Å². The van der Waals surface area contributed by atoms with Gasteiger partial charge in [0.25, 0.3) is 0 Å². The first-order valence-electron chi connectivity index (χ1n) is 3.28. The average Bonchev–Trinajstić information content (AvgIpc) is 2.05. The van der Waals surface area contributed by atoms with E-state index in [0.717, 1.165) is 0 Å². The van der Waals surface area contributed by atoms with Crippen molar-refractivity contribution in [1.82, 2.24) is 0 Å². The first-order valence-corrected chi connectivity index (χ1v) is 3.28. The molecule has 0 amide bonds. The maximum absolute atomic E-state index is 10.7. The smallest absolute Gasteiger partial charge is 0.333 e. The van der Waals surface area contributed by atoms with Gasteiger partial charge in [0, 0.05) is 5.57 Å². The first kappa shape index (κ1) is 10.6. The van der Waals surface area contributed by atoms with Crippen LogP contribution in [-0.4, -0.2) is 30.2 Å². The van der Waals surface area contributed by atoms with Gasteiger partial charge in [0.1, 0.15) is 12.5 Å². The summed E-state index contributed by atoms with van der Waals surface area (Å²) < 4.78 is 4.55. The molecule has 0 rings (SSSR count). The van der Waals surface area contributed by atoms with Crippen molar-refractivity contribution < 1.29 is 19.4 Å². The zero-order chi connectivity index (χ0) is 9.56. The summed E-state index contributed by atoms with van der Waals surface area (Å²) in [6.07, 6.45) is 0. The monoisotopic (exact) mass is 170 g/mol. The molecule has 0 aliphatic rings. The third kappa shape index (κ3) is 3.71. The average molecular weight is 170 g/mol. The zero-order valence-electron chi connectivity index (χ0n) is 6.79. The summed E-state index contributed by atoms with van der Waals surface area (Å²) in [4.78, 5) is 20.7. The Bertz CT molecular complexity index is 235. The zero-order valence-corrected chi connectivity index (χ0v) is 6.79. The third-order valence-electron chi connectivity index (χ3n) is 1.06. The minimum absolute atomic E-state index is 0.00426. The van der Waals surface area contributed by atoms with Crippen molar-refractivity contribution in [1.29, 1.82) is 0 Å². The molecule has 0 heterocycles. The van der Waals surface area contributed by atoms with E-state index in [4.69, 9.17) is 5.11 Å². The highest BCUT2D eigenvalue weighted by atomic mass is 16.5. The molecular formula is C8H10O4.